The Balaban J connectivity index is 1.34. The predicted molar refractivity (Wildman–Crippen MR) is 118 cm³/mol. The van der Waals surface area contributed by atoms with Gasteiger partial charge in [-0.15, -0.1) is 0 Å². The molecule has 0 radical (unpaired) electrons. The minimum absolute atomic E-state index is 0.0319. The van der Waals surface area contributed by atoms with E-state index in [4.69, 9.17) is 14.2 Å². The fraction of sp³-hybridized carbons (Fsp3) is 0.318. The highest BCUT2D eigenvalue weighted by Crippen LogP contribution is 2.37. The van der Waals surface area contributed by atoms with Gasteiger partial charge in [0.25, 0.3) is 0 Å². The average Bonchev–Trinajstić information content (AvgIpc) is 3.33. The third-order valence-corrected chi connectivity index (χ3v) is 5.55. The van der Waals surface area contributed by atoms with E-state index in [1.54, 1.807) is 27.9 Å². The number of anilines is 1. The summed E-state index contributed by atoms with van der Waals surface area (Å²) in [6.07, 6.45) is 0.878. The standard InChI is InChI=1S/C22H19F4N7O3/c1-34-19-14(9-29-20(30-19)35-2)15-7-16(18-27-5-6-33(18)31-15)32-10-21(23,11-32)12-36-17-4-3-13(8-28-17)22(24,25)26/h3-9H,10-12H2,1-2H3. The van der Waals surface area contributed by atoms with Crippen molar-refractivity contribution in [3.05, 3.63) is 48.5 Å². The molecule has 0 aromatic carbocycles. The van der Waals surface area contributed by atoms with Crippen molar-refractivity contribution in [2.24, 2.45) is 0 Å². The smallest absolute Gasteiger partial charge is 0.417 e. The van der Waals surface area contributed by atoms with Gasteiger partial charge in [-0.05, 0) is 12.1 Å². The van der Waals surface area contributed by atoms with Crippen molar-refractivity contribution >= 4 is 11.3 Å². The number of nitrogens with zero attached hydrogens (tertiary/aromatic N) is 7. The first kappa shape index (κ1) is 23.5. The van der Waals surface area contributed by atoms with Gasteiger partial charge in [0.05, 0.1) is 44.1 Å². The lowest BCUT2D eigenvalue weighted by molar-refractivity contribution is -0.137. The molecular weight excluding hydrogens is 486 g/mol. The number of hydrogen-bond acceptors (Lipinski definition) is 9. The number of pyridine rings is 1. The second kappa shape index (κ2) is 8.77. The Labute approximate surface area is 201 Å². The lowest BCUT2D eigenvalue weighted by Crippen LogP contribution is -2.62. The number of hydrogen-bond donors (Lipinski definition) is 0. The second-order valence-electron chi connectivity index (χ2n) is 8.07. The summed E-state index contributed by atoms with van der Waals surface area (Å²) in [4.78, 5) is 18.0. The summed E-state index contributed by atoms with van der Waals surface area (Å²) in [7, 11) is 2.90. The van der Waals surface area contributed by atoms with Crippen molar-refractivity contribution in [3.8, 4) is 29.0 Å². The summed E-state index contributed by atoms with van der Waals surface area (Å²) in [6, 6.07) is 3.77. The largest absolute Gasteiger partial charge is 0.480 e. The van der Waals surface area contributed by atoms with Crippen molar-refractivity contribution in [3.63, 3.8) is 0 Å². The molecule has 14 heteroatoms. The van der Waals surface area contributed by atoms with E-state index in [0.29, 0.717) is 28.8 Å². The van der Waals surface area contributed by atoms with Crippen molar-refractivity contribution in [2.75, 3.05) is 38.8 Å². The van der Waals surface area contributed by atoms with Crippen LogP contribution in [-0.4, -0.2) is 69.1 Å². The van der Waals surface area contributed by atoms with Gasteiger partial charge in [-0.3, -0.25) is 0 Å². The summed E-state index contributed by atoms with van der Waals surface area (Å²) >= 11 is 0. The number of halogens is 4. The molecule has 0 bridgehead atoms. The van der Waals surface area contributed by atoms with Crippen LogP contribution in [0.3, 0.4) is 0 Å². The van der Waals surface area contributed by atoms with Crippen LogP contribution in [0.1, 0.15) is 5.56 Å². The van der Waals surface area contributed by atoms with Crippen LogP contribution in [0.5, 0.6) is 17.8 Å². The number of aromatic nitrogens is 6. The molecule has 0 spiro atoms. The molecule has 0 atom stereocenters. The molecule has 4 aromatic rings. The molecule has 5 heterocycles. The molecule has 36 heavy (non-hydrogen) atoms. The Morgan fingerprint density at radius 2 is 1.86 bits per heavy atom. The third-order valence-electron chi connectivity index (χ3n) is 5.55. The van der Waals surface area contributed by atoms with Crippen LogP contribution in [0, 0.1) is 0 Å². The maximum Gasteiger partial charge on any atom is 0.417 e. The zero-order valence-corrected chi connectivity index (χ0v) is 19.0. The number of imidazole rings is 1. The Morgan fingerprint density at radius 1 is 1.06 bits per heavy atom. The minimum atomic E-state index is -4.51. The zero-order valence-electron chi connectivity index (χ0n) is 19.0. The van der Waals surface area contributed by atoms with E-state index in [0.717, 1.165) is 12.1 Å². The van der Waals surface area contributed by atoms with Crippen LogP contribution in [0.25, 0.3) is 16.9 Å². The number of rotatable bonds is 7. The summed E-state index contributed by atoms with van der Waals surface area (Å²) < 4.78 is 70.6. The van der Waals surface area contributed by atoms with Gasteiger partial charge in [0.15, 0.2) is 11.3 Å². The molecule has 1 aliphatic heterocycles. The van der Waals surface area contributed by atoms with Crippen LogP contribution in [0.15, 0.2) is 43.0 Å². The fourth-order valence-corrected chi connectivity index (χ4v) is 3.78. The Morgan fingerprint density at radius 3 is 2.53 bits per heavy atom. The van der Waals surface area contributed by atoms with Crippen molar-refractivity contribution in [2.45, 2.75) is 11.8 Å². The van der Waals surface area contributed by atoms with Gasteiger partial charge in [0.2, 0.25) is 11.8 Å². The van der Waals surface area contributed by atoms with Gasteiger partial charge >= 0.3 is 12.2 Å². The molecule has 5 rings (SSSR count). The second-order valence-corrected chi connectivity index (χ2v) is 8.07. The molecule has 0 amide bonds. The van der Waals surface area contributed by atoms with Gasteiger partial charge in [-0.2, -0.15) is 23.3 Å². The van der Waals surface area contributed by atoms with Gasteiger partial charge in [-0.1, -0.05) is 0 Å². The van der Waals surface area contributed by atoms with Gasteiger partial charge in [0.1, 0.15) is 12.3 Å². The lowest BCUT2D eigenvalue weighted by atomic mass is 9.96. The normalized spacial score (nSPS) is 15.0. The highest BCUT2D eigenvalue weighted by atomic mass is 19.4. The molecule has 10 nitrogen and oxygen atoms in total. The summed E-state index contributed by atoms with van der Waals surface area (Å²) in [5.74, 6) is 0.160. The van der Waals surface area contributed by atoms with Crippen LogP contribution >= 0.6 is 0 Å². The molecule has 0 unspecified atom stereocenters. The molecule has 0 saturated carbocycles. The zero-order chi connectivity index (χ0) is 25.5. The third kappa shape index (κ3) is 4.41. The summed E-state index contributed by atoms with van der Waals surface area (Å²) in [5.41, 5.74) is -0.548. The van der Waals surface area contributed by atoms with E-state index in [1.165, 1.54) is 20.4 Å². The van der Waals surface area contributed by atoms with Crippen LogP contribution in [0.2, 0.25) is 0 Å². The molecule has 0 aliphatic carbocycles. The van der Waals surface area contributed by atoms with Crippen LogP contribution < -0.4 is 19.1 Å². The Hall–Kier alpha value is -4.23. The Bertz CT molecular complexity index is 1390. The van der Waals surface area contributed by atoms with Gasteiger partial charge in [0, 0.05) is 30.9 Å². The number of alkyl halides is 4. The molecule has 1 fully saturated rings. The van der Waals surface area contributed by atoms with Gasteiger partial charge < -0.3 is 19.1 Å². The topological polar surface area (TPSA) is 99.8 Å². The van der Waals surface area contributed by atoms with E-state index < -0.39 is 17.4 Å². The summed E-state index contributed by atoms with van der Waals surface area (Å²) in [5, 5.41) is 4.53. The van der Waals surface area contributed by atoms with Crippen LogP contribution in [0.4, 0.5) is 23.2 Å². The number of methoxy groups -OCH3 is 2. The molecular formula is C22H19F4N7O3. The van der Waals surface area contributed by atoms with Crippen LogP contribution in [-0.2, 0) is 6.18 Å². The highest BCUT2D eigenvalue weighted by Gasteiger charge is 2.45. The predicted octanol–water partition coefficient (Wildman–Crippen LogP) is 3.22. The maximum atomic E-state index is 15.3. The SMILES string of the molecule is COc1ncc(-c2cc(N3CC(F)(COc4ccc(C(F)(F)F)cn4)C3)c3nccn3n2)c(OC)n1. The minimum Gasteiger partial charge on any atom is -0.480 e. The van der Waals surface area contributed by atoms with Crippen molar-refractivity contribution in [1.82, 2.24) is 29.5 Å². The van der Waals surface area contributed by atoms with Gasteiger partial charge in [-0.25, -0.2) is 23.9 Å². The van der Waals surface area contributed by atoms with E-state index in [-0.39, 0.29) is 37.5 Å². The molecule has 4 aromatic heterocycles. The quantitative estimate of drug-likeness (QED) is 0.351. The van der Waals surface area contributed by atoms with Crippen molar-refractivity contribution < 1.29 is 31.8 Å². The number of fused-ring (bicyclic) bond motifs is 1. The lowest BCUT2D eigenvalue weighted by Gasteiger charge is -2.45. The summed E-state index contributed by atoms with van der Waals surface area (Å²) in [6.45, 7) is -0.434. The molecule has 1 saturated heterocycles. The fourth-order valence-electron chi connectivity index (χ4n) is 3.78. The molecule has 0 N–H and O–H groups in total. The van der Waals surface area contributed by atoms with Crippen molar-refractivity contribution in [1.29, 1.82) is 0 Å². The highest BCUT2D eigenvalue weighted by molar-refractivity contribution is 5.77. The average molecular weight is 505 g/mol. The van der Waals surface area contributed by atoms with E-state index in [9.17, 15) is 13.2 Å². The Kier molecular flexibility index (Phi) is 5.73. The maximum absolute atomic E-state index is 15.3. The first-order chi connectivity index (χ1) is 17.2. The first-order valence-corrected chi connectivity index (χ1v) is 10.6. The monoisotopic (exact) mass is 505 g/mol. The molecule has 1 aliphatic rings. The van der Waals surface area contributed by atoms with E-state index in [1.807, 2.05) is 0 Å². The first-order valence-electron chi connectivity index (χ1n) is 10.6. The number of ether oxygens (including phenoxy) is 3. The van der Waals surface area contributed by atoms with E-state index >= 15 is 4.39 Å². The molecule has 188 valence electrons. The van der Waals surface area contributed by atoms with E-state index in [2.05, 4.69) is 25.0 Å².